The predicted octanol–water partition coefficient (Wildman–Crippen LogP) is 2.09. The first kappa shape index (κ1) is 15.6. The van der Waals surface area contributed by atoms with E-state index in [-0.39, 0.29) is 18.3 Å². The lowest BCUT2D eigenvalue weighted by Crippen LogP contribution is -2.41. The summed E-state index contributed by atoms with van der Waals surface area (Å²) in [5, 5.41) is 0. The molecule has 0 aliphatic carbocycles. The van der Waals surface area contributed by atoms with Crippen molar-refractivity contribution in [2.75, 3.05) is 20.6 Å². The Morgan fingerprint density at radius 3 is 2.10 bits per heavy atom. The highest BCUT2D eigenvalue weighted by Gasteiger charge is 2.52. The van der Waals surface area contributed by atoms with E-state index < -0.39 is 0 Å². The Kier molecular flexibility index (Phi) is 4.28. The molecule has 0 aromatic heterocycles. The summed E-state index contributed by atoms with van der Waals surface area (Å²) in [7, 11) is 3.92. The summed E-state index contributed by atoms with van der Waals surface area (Å²) >= 11 is 0. The third-order valence-electron chi connectivity index (χ3n) is 4.39. The van der Waals surface area contributed by atoms with Crippen molar-refractivity contribution in [3.63, 3.8) is 0 Å². The third kappa shape index (κ3) is 3.08. The van der Waals surface area contributed by atoms with Crippen LogP contribution in [0.1, 0.15) is 33.3 Å². The van der Waals surface area contributed by atoms with E-state index in [2.05, 4.69) is 71.0 Å². The first-order valence-corrected chi connectivity index (χ1v) is 7.31. The maximum atomic E-state index is 6.16. The van der Waals surface area contributed by atoms with Gasteiger partial charge in [0.2, 0.25) is 0 Å². The van der Waals surface area contributed by atoms with E-state index >= 15 is 0 Å². The van der Waals surface area contributed by atoms with Gasteiger partial charge in [-0.1, -0.05) is 24.3 Å². The molecule has 1 aliphatic heterocycles. The molecular weight excluding hydrogens is 249 g/mol. The summed E-state index contributed by atoms with van der Waals surface area (Å²) < 4.78 is 12.3. The van der Waals surface area contributed by atoms with Gasteiger partial charge in [0.1, 0.15) is 0 Å². The minimum absolute atomic E-state index is 0.265. The van der Waals surface area contributed by atoms with Crippen molar-refractivity contribution < 1.29 is 9.31 Å². The summed E-state index contributed by atoms with van der Waals surface area (Å²) in [6.45, 7) is 9.40. The Morgan fingerprint density at radius 2 is 1.55 bits per heavy atom. The molecule has 1 saturated heterocycles. The maximum Gasteiger partial charge on any atom is 0.495 e. The fourth-order valence-corrected chi connectivity index (χ4v) is 2.31. The molecule has 0 radical (unpaired) electrons. The molecule has 0 amide bonds. The summed E-state index contributed by atoms with van der Waals surface area (Å²) in [4.78, 5) is 2.20. The highest BCUT2D eigenvalue weighted by atomic mass is 16.7. The zero-order valence-electron chi connectivity index (χ0n) is 13.6. The van der Waals surface area contributed by atoms with Crippen molar-refractivity contribution in [3.8, 4) is 0 Å². The van der Waals surface area contributed by atoms with Crippen LogP contribution in [0.25, 0.3) is 0 Å². The zero-order chi connectivity index (χ0) is 15.0. The second-order valence-corrected chi connectivity index (χ2v) is 6.84. The monoisotopic (exact) mass is 275 g/mol. The van der Waals surface area contributed by atoms with Crippen LogP contribution in [0.2, 0.25) is 0 Å². The molecule has 0 unspecified atom stereocenters. The normalized spacial score (nSPS) is 20.6. The fourth-order valence-electron chi connectivity index (χ4n) is 2.31. The van der Waals surface area contributed by atoms with E-state index in [1.54, 1.807) is 0 Å². The van der Waals surface area contributed by atoms with Crippen LogP contribution < -0.4 is 5.46 Å². The van der Waals surface area contributed by atoms with Gasteiger partial charge in [0.25, 0.3) is 0 Å². The molecule has 3 nitrogen and oxygen atoms in total. The Balaban J connectivity index is 2.22. The van der Waals surface area contributed by atoms with Crippen LogP contribution >= 0.6 is 0 Å². The molecule has 1 aromatic rings. The Morgan fingerprint density at radius 1 is 1.00 bits per heavy atom. The first-order chi connectivity index (χ1) is 9.23. The minimum Gasteiger partial charge on any atom is -0.399 e. The Hall–Kier alpha value is -0.835. The number of benzene rings is 1. The molecule has 2 rings (SSSR count). The average molecular weight is 275 g/mol. The van der Waals surface area contributed by atoms with Crippen LogP contribution in [0, 0.1) is 0 Å². The Bertz CT molecular complexity index is 455. The van der Waals surface area contributed by atoms with Crippen molar-refractivity contribution in [3.05, 3.63) is 29.8 Å². The molecule has 20 heavy (non-hydrogen) atoms. The molecule has 4 heteroatoms. The summed E-state index contributed by atoms with van der Waals surface area (Å²) in [6.07, 6.45) is 1.01. The van der Waals surface area contributed by atoms with Gasteiger partial charge in [-0.3, -0.25) is 0 Å². The van der Waals surface area contributed by atoms with Crippen LogP contribution in [-0.2, 0) is 15.7 Å². The molecule has 0 spiro atoms. The largest absolute Gasteiger partial charge is 0.495 e. The number of rotatable bonds is 4. The average Bonchev–Trinajstić information content (AvgIpc) is 2.56. The van der Waals surface area contributed by atoms with E-state index in [9.17, 15) is 0 Å². The Labute approximate surface area is 123 Å². The van der Waals surface area contributed by atoms with E-state index in [4.69, 9.17) is 9.31 Å². The van der Waals surface area contributed by atoms with Gasteiger partial charge in [0.15, 0.2) is 0 Å². The molecule has 0 bridgehead atoms. The molecule has 1 fully saturated rings. The second kappa shape index (κ2) is 5.51. The summed E-state index contributed by atoms with van der Waals surface area (Å²) in [5.74, 6) is 0. The quantitative estimate of drug-likeness (QED) is 0.785. The van der Waals surface area contributed by atoms with Gasteiger partial charge in [-0.2, -0.15) is 0 Å². The molecular formula is C16H26BNO2. The van der Waals surface area contributed by atoms with Gasteiger partial charge in [-0.15, -0.1) is 0 Å². The van der Waals surface area contributed by atoms with Crippen molar-refractivity contribution in [2.45, 2.75) is 45.3 Å². The highest BCUT2D eigenvalue weighted by molar-refractivity contribution is 6.62. The minimum atomic E-state index is -0.285. The molecule has 0 atom stereocenters. The first-order valence-electron chi connectivity index (χ1n) is 7.31. The van der Waals surface area contributed by atoms with Gasteiger partial charge in [0, 0.05) is 6.54 Å². The molecule has 1 heterocycles. The van der Waals surface area contributed by atoms with Crippen LogP contribution in [-0.4, -0.2) is 43.9 Å². The van der Waals surface area contributed by atoms with Crippen LogP contribution in [0.5, 0.6) is 0 Å². The second-order valence-electron chi connectivity index (χ2n) is 6.84. The number of hydrogen-bond acceptors (Lipinski definition) is 3. The SMILES string of the molecule is CN(C)CCc1ccccc1B1OC(C)(C)C(C)(C)O1. The van der Waals surface area contributed by atoms with E-state index in [0.29, 0.717) is 0 Å². The van der Waals surface area contributed by atoms with Crippen molar-refractivity contribution in [1.82, 2.24) is 4.90 Å². The molecule has 1 aliphatic rings. The fraction of sp³-hybridized carbons (Fsp3) is 0.625. The van der Waals surface area contributed by atoms with Gasteiger partial charge in [-0.05, 0) is 59.2 Å². The van der Waals surface area contributed by atoms with Crippen molar-refractivity contribution in [1.29, 1.82) is 0 Å². The van der Waals surface area contributed by atoms with Gasteiger partial charge in [0.05, 0.1) is 11.2 Å². The summed E-state index contributed by atoms with van der Waals surface area (Å²) in [5.41, 5.74) is 1.89. The zero-order valence-corrected chi connectivity index (χ0v) is 13.6. The van der Waals surface area contributed by atoms with Gasteiger partial charge in [-0.25, -0.2) is 0 Å². The van der Waals surface area contributed by atoms with Gasteiger partial charge < -0.3 is 14.2 Å². The maximum absolute atomic E-state index is 6.16. The highest BCUT2D eigenvalue weighted by Crippen LogP contribution is 2.36. The third-order valence-corrected chi connectivity index (χ3v) is 4.39. The van der Waals surface area contributed by atoms with Crippen molar-refractivity contribution in [2.24, 2.45) is 0 Å². The molecule has 0 saturated carbocycles. The molecule has 1 aromatic carbocycles. The van der Waals surface area contributed by atoms with E-state index in [0.717, 1.165) is 18.4 Å². The molecule has 0 N–H and O–H groups in total. The van der Waals surface area contributed by atoms with Crippen molar-refractivity contribution >= 4 is 12.6 Å². The topological polar surface area (TPSA) is 21.7 Å². The van der Waals surface area contributed by atoms with Gasteiger partial charge >= 0.3 is 7.12 Å². The lowest BCUT2D eigenvalue weighted by atomic mass is 9.75. The molecule has 110 valence electrons. The smallest absolute Gasteiger partial charge is 0.399 e. The number of hydrogen-bond donors (Lipinski definition) is 0. The van der Waals surface area contributed by atoms with E-state index in [1.807, 2.05) is 0 Å². The standard InChI is InChI=1S/C16H26BNO2/c1-15(2)16(3,4)20-17(19-15)14-10-8-7-9-13(14)11-12-18(5)6/h7-10H,11-12H2,1-6H3. The van der Waals surface area contributed by atoms with Crippen LogP contribution in [0.3, 0.4) is 0 Å². The van der Waals surface area contributed by atoms with Crippen LogP contribution in [0.15, 0.2) is 24.3 Å². The van der Waals surface area contributed by atoms with E-state index in [1.165, 1.54) is 5.56 Å². The van der Waals surface area contributed by atoms with Crippen LogP contribution in [0.4, 0.5) is 0 Å². The number of nitrogens with zero attached hydrogens (tertiary/aromatic N) is 1. The number of likely N-dealkylation sites (N-methyl/N-ethyl adjacent to an activating group) is 1. The lowest BCUT2D eigenvalue weighted by molar-refractivity contribution is 0.00578. The lowest BCUT2D eigenvalue weighted by Gasteiger charge is -2.32. The predicted molar refractivity (Wildman–Crippen MR) is 84.4 cm³/mol. The summed E-state index contributed by atoms with van der Waals surface area (Å²) in [6, 6.07) is 8.43.